The molecule has 98 valence electrons. The summed E-state index contributed by atoms with van der Waals surface area (Å²) in [5.74, 6) is 1.51. The van der Waals surface area contributed by atoms with Crippen LogP contribution in [0.3, 0.4) is 0 Å². The van der Waals surface area contributed by atoms with Gasteiger partial charge in [-0.1, -0.05) is 0 Å². The molecule has 3 heterocycles. The molecule has 0 saturated carbocycles. The average Bonchev–Trinajstić information content (AvgIpc) is 2.99. The zero-order chi connectivity index (χ0) is 13.2. The number of aromatic nitrogens is 4. The van der Waals surface area contributed by atoms with Gasteiger partial charge in [-0.3, -0.25) is 4.98 Å². The van der Waals surface area contributed by atoms with Crippen LogP contribution in [0.1, 0.15) is 10.7 Å². The highest BCUT2D eigenvalue weighted by Gasteiger charge is 2.12. The van der Waals surface area contributed by atoms with Crippen LogP contribution in [0, 0.1) is 0 Å². The van der Waals surface area contributed by atoms with E-state index in [1.54, 1.807) is 17.5 Å². The van der Waals surface area contributed by atoms with Crippen LogP contribution < -0.4 is 0 Å². The van der Waals surface area contributed by atoms with Crippen molar-refractivity contribution in [3.05, 3.63) is 39.1 Å². The first-order valence-corrected chi connectivity index (χ1v) is 7.92. The molecule has 0 radical (unpaired) electrons. The third kappa shape index (κ3) is 2.66. The van der Waals surface area contributed by atoms with E-state index >= 15 is 0 Å². The monoisotopic (exact) mass is 356 g/mol. The summed E-state index contributed by atoms with van der Waals surface area (Å²) in [6, 6.07) is 1.98. The molecule has 0 aliphatic rings. The minimum absolute atomic E-state index is 0.549. The van der Waals surface area contributed by atoms with Crippen molar-refractivity contribution in [3.63, 3.8) is 0 Å². The fraction of sp³-hybridized carbons (Fsp3) is 0.250. The number of halogens is 2. The number of rotatable bonds is 4. The van der Waals surface area contributed by atoms with Crippen LogP contribution in [0.2, 0.25) is 0 Å². The smallest absolute Gasteiger partial charge is 0.160 e. The lowest BCUT2D eigenvalue weighted by Gasteiger charge is -2.05. The normalized spacial score (nSPS) is 11.3. The lowest BCUT2D eigenvalue weighted by Crippen LogP contribution is -2.05. The van der Waals surface area contributed by atoms with Gasteiger partial charge in [0, 0.05) is 34.0 Å². The molecule has 4 nitrogen and oxygen atoms in total. The molecule has 0 unspecified atom stereocenters. The van der Waals surface area contributed by atoms with E-state index in [0.717, 1.165) is 34.4 Å². The lowest BCUT2D eigenvalue weighted by atomic mass is 10.4. The molecule has 7 heteroatoms. The topological polar surface area (TPSA) is 43.6 Å². The van der Waals surface area contributed by atoms with Gasteiger partial charge in [0.25, 0.3) is 0 Å². The van der Waals surface area contributed by atoms with Gasteiger partial charge in [0.2, 0.25) is 0 Å². The quantitative estimate of drug-likeness (QED) is 0.671. The second kappa shape index (κ2) is 5.56. The number of hydrogen-bond acceptors (Lipinski definition) is 4. The fourth-order valence-electron chi connectivity index (χ4n) is 1.95. The summed E-state index contributed by atoms with van der Waals surface area (Å²) in [5, 5.41) is 0. The molecule has 0 N–H and O–H groups in total. The van der Waals surface area contributed by atoms with Crippen molar-refractivity contribution in [1.82, 2.24) is 19.5 Å². The Balaban J connectivity index is 2.10. The summed E-state index contributed by atoms with van der Waals surface area (Å²) in [5.41, 5.74) is 3.61. The van der Waals surface area contributed by atoms with Gasteiger partial charge in [-0.05, 0) is 22.0 Å². The van der Waals surface area contributed by atoms with Crippen molar-refractivity contribution >= 4 is 50.0 Å². The Hall–Kier alpha value is -0.980. The van der Waals surface area contributed by atoms with Gasteiger partial charge in [-0.15, -0.1) is 22.9 Å². The maximum atomic E-state index is 5.86. The van der Waals surface area contributed by atoms with Gasteiger partial charge in [-0.25, -0.2) is 9.97 Å². The van der Waals surface area contributed by atoms with E-state index in [4.69, 9.17) is 11.6 Å². The van der Waals surface area contributed by atoms with Crippen LogP contribution in [0.15, 0.2) is 28.4 Å². The first-order chi connectivity index (χ1) is 9.28. The second-order valence-corrected chi connectivity index (χ2v) is 6.28. The number of hydrogen-bond donors (Lipinski definition) is 0. The zero-order valence-corrected chi connectivity index (χ0v) is 13.0. The molecule has 3 rings (SSSR count). The zero-order valence-electron chi connectivity index (χ0n) is 9.88. The standard InChI is InChI=1S/C12H10BrClN4S/c13-8-3-10-12(16-4-8)18(11(17-10)1-2-14)6-9-5-15-7-19-9/h3-5,7H,1-2,6H2. The van der Waals surface area contributed by atoms with Crippen LogP contribution in [0.4, 0.5) is 0 Å². The van der Waals surface area contributed by atoms with Crippen LogP contribution in [-0.2, 0) is 13.0 Å². The van der Waals surface area contributed by atoms with E-state index in [1.807, 2.05) is 17.8 Å². The van der Waals surface area contributed by atoms with Gasteiger partial charge >= 0.3 is 0 Å². The predicted octanol–water partition coefficient (Wildman–Crippen LogP) is 3.48. The Kier molecular flexibility index (Phi) is 3.81. The van der Waals surface area contributed by atoms with E-state index in [9.17, 15) is 0 Å². The molecule has 0 aliphatic heterocycles. The van der Waals surface area contributed by atoms with Crippen molar-refractivity contribution < 1.29 is 0 Å². The molecule has 3 aromatic rings. The molecule has 3 aromatic heterocycles. The number of nitrogens with zero attached hydrogens (tertiary/aromatic N) is 4. The summed E-state index contributed by atoms with van der Waals surface area (Å²) in [4.78, 5) is 14.4. The SMILES string of the molecule is ClCCc1nc2cc(Br)cnc2n1Cc1cncs1. The number of imidazole rings is 1. The van der Waals surface area contributed by atoms with Gasteiger partial charge in [0.15, 0.2) is 5.65 Å². The molecule has 0 spiro atoms. The molecular formula is C12H10BrClN4S. The number of pyridine rings is 1. The Labute approximate surface area is 127 Å². The highest BCUT2D eigenvalue weighted by Crippen LogP contribution is 2.21. The van der Waals surface area contributed by atoms with E-state index < -0.39 is 0 Å². The summed E-state index contributed by atoms with van der Waals surface area (Å²) in [6.45, 7) is 0.738. The molecular weight excluding hydrogens is 348 g/mol. The summed E-state index contributed by atoms with van der Waals surface area (Å²) < 4.78 is 3.04. The average molecular weight is 358 g/mol. The van der Waals surface area contributed by atoms with Crippen LogP contribution in [0.5, 0.6) is 0 Å². The molecule has 0 atom stereocenters. The van der Waals surface area contributed by atoms with E-state index in [2.05, 4.69) is 35.4 Å². The Morgan fingerprint density at radius 1 is 1.37 bits per heavy atom. The molecule has 0 saturated heterocycles. The van der Waals surface area contributed by atoms with Gasteiger partial charge in [0.05, 0.1) is 12.1 Å². The lowest BCUT2D eigenvalue weighted by molar-refractivity contribution is 0.755. The summed E-state index contributed by atoms with van der Waals surface area (Å²) >= 11 is 10.9. The van der Waals surface area contributed by atoms with Crippen molar-refractivity contribution in [2.45, 2.75) is 13.0 Å². The first kappa shape index (κ1) is 13.0. The minimum Gasteiger partial charge on any atom is -0.307 e. The van der Waals surface area contributed by atoms with Crippen LogP contribution in [0.25, 0.3) is 11.2 Å². The molecule has 19 heavy (non-hydrogen) atoms. The fourth-order valence-corrected chi connectivity index (χ4v) is 3.02. The largest absolute Gasteiger partial charge is 0.307 e. The first-order valence-electron chi connectivity index (χ1n) is 5.72. The number of aryl methyl sites for hydroxylation is 1. The maximum Gasteiger partial charge on any atom is 0.160 e. The van der Waals surface area contributed by atoms with Crippen molar-refractivity contribution in [2.75, 3.05) is 5.88 Å². The number of thiazole rings is 1. The van der Waals surface area contributed by atoms with Crippen molar-refractivity contribution in [2.24, 2.45) is 0 Å². The Morgan fingerprint density at radius 2 is 2.26 bits per heavy atom. The van der Waals surface area contributed by atoms with Crippen LogP contribution in [-0.4, -0.2) is 25.4 Å². The van der Waals surface area contributed by atoms with E-state index in [0.29, 0.717) is 5.88 Å². The molecule has 0 fully saturated rings. The third-order valence-corrected chi connectivity index (χ3v) is 4.13. The highest BCUT2D eigenvalue weighted by molar-refractivity contribution is 9.10. The second-order valence-electron chi connectivity index (χ2n) is 4.02. The Bertz CT molecular complexity index is 695. The van der Waals surface area contributed by atoms with E-state index in [1.165, 1.54) is 4.88 Å². The predicted molar refractivity (Wildman–Crippen MR) is 80.9 cm³/mol. The third-order valence-electron chi connectivity index (χ3n) is 2.75. The highest BCUT2D eigenvalue weighted by atomic mass is 79.9. The number of fused-ring (bicyclic) bond motifs is 1. The van der Waals surface area contributed by atoms with E-state index in [-0.39, 0.29) is 0 Å². The number of alkyl halides is 1. The van der Waals surface area contributed by atoms with Gasteiger partial charge in [-0.2, -0.15) is 0 Å². The van der Waals surface area contributed by atoms with Crippen LogP contribution >= 0.6 is 38.9 Å². The molecule has 0 bridgehead atoms. The van der Waals surface area contributed by atoms with Gasteiger partial charge < -0.3 is 4.57 Å². The molecule has 0 amide bonds. The maximum absolute atomic E-state index is 5.86. The molecule has 0 aliphatic carbocycles. The minimum atomic E-state index is 0.549. The Morgan fingerprint density at radius 3 is 3.00 bits per heavy atom. The molecule has 0 aromatic carbocycles. The summed E-state index contributed by atoms with van der Waals surface area (Å²) in [7, 11) is 0. The van der Waals surface area contributed by atoms with Gasteiger partial charge in [0.1, 0.15) is 11.3 Å². The van der Waals surface area contributed by atoms with Crippen molar-refractivity contribution in [1.29, 1.82) is 0 Å². The van der Waals surface area contributed by atoms with Crippen molar-refractivity contribution in [3.8, 4) is 0 Å². The summed E-state index contributed by atoms with van der Waals surface area (Å²) in [6.07, 6.45) is 4.39.